The van der Waals surface area contributed by atoms with Crippen molar-refractivity contribution in [2.24, 2.45) is 5.92 Å². The van der Waals surface area contributed by atoms with Crippen molar-refractivity contribution >= 4 is 5.82 Å². The molecule has 0 bridgehead atoms. The minimum absolute atomic E-state index is 0.0401. The number of anilines is 1. The molecule has 1 rings (SSSR count). The second-order valence-corrected chi connectivity index (χ2v) is 4.80. The molecule has 5 nitrogen and oxygen atoms in total. The Morgan fingerprint density at radius 3 is 2.78 bits per heavy atom. The van der Waals surface area contributed by atoms with Gasteiger partial charge in [-0.1, -0.05) is 20.8 Å². The first-order valence-electron chi connectivity index (χ1n) is 6.65. The van der Waals surface area contributed by atoms with E-state index in [4.69, 9.17) is 0 Å². The van der Waals surface area contributed by atoms with E-state index in [9.17, 15) is 4.79 Å². The maximum Gasteiger partial charge on any atom is 0.293 e. The fourth-order valence-electron chi connectivity index (χ4n) is 1.68. The Labute approximate surface area is 109 Å². The van der Waals surface area contributed by atoms with Crippen LogP contribution in [0, 0.1) is 5.92 Å². The first-order valence-corrected chi connectivity index (χ1v) is 6.65. The van der Waals surface area contributed by atoms with Crippen LogP contribution in [-0.2, 0) is 6.54 Å². The SMILES string of the molecule is CCCNCCNc1nccn(CC(C)C)c1=O. The van der Waals surface area contributed by atoms with E-state index >= 15 is 0 Å². The monoisotopic (exact) mass is 252 g/mol. The summed E-state index contributed by atoms with van der Waals surface area (Å²) in [5.74, 6) is 0.889. The Balaban J connectivity index is 2.53. The van der Waals surface area contributed by atoms with Gasteiger partial charge in [-0.3, -0.25) is 4.79 Å². The lowest BCUT2D eigenvalue weighted by atomic mass is 10.2. The lowest BCUT2D eigenvalue weighted by Gasteiger charge is -2.11. The molecule has 1 aromatic rings. The van der Waals surface area contributed by atoms with Gasteiger partial charge in [0.05, 0.1) is 0 Å². The molecule has 0 aliphatic rings. The number of hydrogen-bond donors (Lipinski definition) is 2. The van der Waals surface area contributed by atoms with Gasteiger partial charge < -0.3 is 15.2 Å². The maximum absolute atomic E-state index is 12.0. The van der Waals surface area contributed by atoms with Crippen LogP contribution in [0.3, 0.4) is 0 Å². The highest BCUT2D eigenvalue weighted by Gasteiger charge is 2.05. The van der Waals surface area contributed by atoms with Crippen LogP contribution in [0.2, 0.25) is 0 Å². The molecule has 102 valence electrons. The van der Waals surface area contributed by atoms with Crippen LogP contribution >= 0.6 is 0 Å². The van der Waals surface area contributed by atoms with Gasteiger partial charge >= 0.3 is 0 Å². The first kappa shape index (κ1) is 14.7. The van der Waals surface area contributed by atoms with Crippen LogP contribution in [0.15, 0.2) is 17.2 Å². The quantitative estimate of drug-likeness (QED) is 0.685. The van der Waals surface area contributed by atoms with Crippen molar-refractivity contribution in [1.82, 2.24) is 14.9 Å². The van der Waals surface area contributed by atoms with Crippen LogP contribution in [0.5, 0.6) is 0 Å². The average Bonchev–Trinajstić information content (AvgIpc) is 2.33. The van der Waals surface area contributed by atoms with E-state index in [1.54, 1.807) is 17.0 Å². The molecule has 5 heteroatoms. The van der Waals surface area contributed by atoms with Gasteiger partial charge in [-0.15, -0.1) is 0 Å². The summed E-state index contributed by atoms with van der Waals surface area (Å²) in [5.41, 5.74) is -0.0401. The minimum atomic E-state index is -0.0401. The summed E-state index contributed by atoms with van der Waals surface area (Å²) >= 11 is 0. The second kappa shape index (κ2) is 7.87. The zero-order chi connectivity index (χ0) is 13.4. The first-order chi connectivity index (χ1) is 8.65. The molecule has 0 amide bonds. The lowest BCUT2D eigenvalue weighted by molar-refractivity contribution is 0.509. The van der Waals surface area contributed by atoms with Crippen molar-refractivity contribution in [3.63, 3.8) is 0 Å². The van der Waals surface area contributed by atoms with E-state index in [1.807, 2.05) is 0 Å². The van der Waals surface area contributed by atoms with Gasteiger partial charge in [-0.2, -0.15) is 0 Å². The van der Waals surface area contributed by atoms with Crippen molar-refractivity contribution < 1.29 is 0 Å². The lowest BCUT2D eigenvalue weighted by Crippen LogP contribution is -2.29. The van der Waals surface area contributed by atoms with Gasteiger partial charge in [0.25, 0.3) is 5.56 Å². The number of hydrogen-bond acceptors (Lipinski definition) is 4. The zero-order valence-corrected chi connectivity index (χ0v) is 11.6. The third-order valence-corrected chi connectivity index (χ3v) is 2.50. The van der Waals surface area contributed by atoms with Crippen molar-refractivity contribution in [2.75, 3.05) is 25.0 Å². The van der Waals surface area contributed by atoms with Crippen LogP contribution in [0.1, 0.15) is 27.2 Å². The van der Waals surface area contributed by atoms with Gasteiger partial charge in [0.15, 0.2) is 5.82 Å². The molecule has 0 aliphatic heterocycles. The smallest absolute Gasteiger partial charge is 0.293 e. The fourth-order valence-corrected chi connectivity index (χ4v) is 1.68. The van der Waals surface area contributed by atoms with Gasteiger partial charge in [0, 0.05) is 32.0 Å². The molecule has 0 radical (unpaired) electrons. The topological polar surface area (TPSA) is 59.0 Å². The minimum Gasteiger partial charge on any atom is -0.364 e. The van der Waals surface area contributed by atoms with Crippen LogP contribution < -0.4 is 16.2 Å². The average molecular weight is 252 g/mol. The molecule has 0 aromatic carbocycles. The molecular weight excluding hydrogens is 228 g/mol. The van der Waals surface area contributed by atoms with Gasteiger partial charge in [-0.25, -0.2) is 4.98 Å². The largest absolute Gasteiger partial charge is 0.364 e. The number of nitrogens with one attached hydrogen (secondary N) is 2. The van der Waals surface area contributed by atoms with E-state index in [0.29, 0.717) is 18.3 Å². The highest BCUT2D eigenvalue weighted by Crippen LogP contribution is 1.98. The number of aromatic nitrogens is 2. The van der Waals surface area contributed by atoms with E-state index in [-0.39, 0.29) is 5.56 Å². The Hall–Kier alpha value is -1.36. The van der Waals surface area contributed by atoms with Crippen molar-refractivity contribution in [2.45, 2.75) is 33.7 Å². The molecule has 0 saturated heterocycles. The molecule has 0 saturated carbocycles. The molecule has 0 spiro atoms. The van der Waals surface area contributed by atoms with E-state index in [0.717, 1.165) is 26.1 Å². The van der Waals surface area contributed by atoms with E-state index < -0.39 is 0 Å². The van der Waals surface area contributed by atoms with Crippen molar-refractivity contribution in [3.05, 3.63) is 22.7 Å². The molecule has 0 unspecified atom stereocenters. The fraction of sp³-hybridized carbons (Fsp3) is 0.692. The van der Waals surface area contributed by atoms with Gasteiger partial charge in [0.1, 0.15) is 0 Å². The normalized spacial score (nSPS) is 10.9. The molecule has 0 atom stereocenters. The summed E-state index contributed by atoms with van der Waals surface area (Å²) in [4.78, 5) is 16.1. The third-order valence-electron chi connectivity index (χ3n) is 2.50. The summed E-state index contributed by atoms with van der Waals surface area (Å²) in [7, 11) is 0. The zero-order valence-electron chi connectivity index (χ0n) is 11.6. The Morgan fingerprint density at radius 1 is 1.33 bits per heavy atom. The second-order valence-electron chi connectivity index (χ2n) is 4.80. The summed E-state index contributed by atoms with van der Waals surface area (Å²) in [6.45, 7) is 9.60. The summed E-state index contributed by atoms with van der Waals surface area (Å²) in [6.07, 6.45) is 4.53. The Morgan fingerprint density at radius 2 is 2.11 bits per heavy atom. The Kier molecular flexibility index (Phi) is 6.43. The van der Waals surface area contributed by atoms with Gasteiger partial charge in [0.2, 0.25) is 0 Å². The van der Waals surface area contributed by atoms with Crippen molar-refractivity contribution in [1.29, 1.82) is 0 Å². The molecule has 1 aromatic heterocycles. The molecule has 18 heavy (non-hydrogen) atoms. The number of nitrogens with zero attached hydrogens (tertiary/aromatic N) is 2. The van der Waals surface area contributed by atoms with E-state index in [2.05, 4.69) is 36.4 Å². The molecule has 0 fully saturated rings. The summed E-state index contributed by atoms with van der Waals surface area (Å²) in [5, 5.41) is 6.35. The van der Waals surface area contributed by atoms with Crippen LogP contribution in [0.4, 0.5) is 5.82 Å². The van der Waals surface area contributed by atoms with Gasteiger partial charge in [-0.05, 0) is 18.9 Å². The van der Waals surface area contributed by atoms with E-state index in [1.165, 1.54) is 0 Å². The molecular formula is C13H24N4O. The van der Waals surface area contributed by atoms with Crippen LogP contribution in [0.25, 0.3) is 0 Å². The molecule has 0 aliphatic carbocycles. The van der Waals surface area contributed by atoms with Crippen LogP contribution in [-0.4, -0.2) is 29.2 Å². The maximum atomic E-state index is 12.0. The van der Waals surface area contributed by atoms with Crippen molar-refractivity contribution in [3.8, 4) is 0 Å². The standard InChI is InChI=1S/C13H24N4O/c1-4-5-14-6-7-15-12-13(18)17(9-8-16-12)10-11(2)3/h8-9,11,14H,4-7,10H2,1-3H3,(H,15,16). The Bertz CT molecular complexity index is 400. The molecule has 2 N–H and O–H groups in total. The summed E-state index contributed by atoms with van der Waals surface area (Å²) < 4.78 is 1.71. The highest BCUT2D eigenvalue weighted by atomic mass is 16.1. The summed E-state index contributed by atoms with van der Waals surface area (Å²) in [6, 6.07) is 0. The highest BCUT2D eigenvalue weighted by molar-refractivity contribution is 5.30. The third kappa shape index (κ3) is 4.87. The number of rotatable bonds is 8. The predicted molar refractivity (Wildman–Crippen MR) is 75.0 cm³/mol. The molecule has 1 heterocycles. The predicted octanol–water partition coefficient (Wildman–Crippen LogP) is 1.31.